The molecule has 1 aliphatic heterocycles. The number of hydrogen-bond acceptors (Lipinski definition) is 3. The molecule has 0 unspecified atom stereocenters. The Morgan fingerprint density at radius 2 is 1.83 bits per heavy atom. The highest BCUT2D eigenvalue weighted by Gasteiger charge is 2.22. The fraction of sp³-hybridized carbons (Fsp3) is 0.571. The molecule has 7 nitrogen and oxygen atoms in total. The van der Waals surface area contributed by atoms with E-state index in [1.165, 1.54) is 12.5 Å². The fourth-order valence-corrected chi connectivity index (χ4v) is 3.39. The number of guanidine groups is 1. The van der Waals surface area contributed by atoms with Crippen LogP contribution in [0.15, 0.2) is 29.3 Å². The number of piperidine rings is 1. The molecule has 0 saturated carbocycles. The Bertz CT molecular complexity index is 670. The van der Waals surface area contributed by atoms with Crippen LogP contribution in [-0.4, -0.2) is 55.9 Å². The number of rotatable bonds is 7. The second-order valence-corrected chi connectivity index (χ2v) is 7.17. The van der Waals surface area contributed by atoms with E-state index >= 15 is 0 Å². The number of halogens is 1. The third-order valence-electron chi connectivity index (χ3n) is 4.94. The van der Waals surface area contributed by atoms with E-state index in [1.54, 1.807) is 7.05 Å². The second kappa shape index (κ2) is 13.4. The molecule has 0 spiro atoms. The van der Waals surface area contributed by atoms with Gasteiger partial charge in [-0.25, -0.2) is 0 Å². The summed E-state index contributed by atoms with van der Waals surface area (Å²) in [6, 6.07) is 7.89. The van der Waals surface area contributed by atoms with Crippen LogP contribution in [0, 0.1) is 5.92 Å². The average Bonchev–Trinajstić information content (AvgIpc) is 2.69. The van der Waals surface area contributed by atoms with Gasteiger partial charge in [-0.2, -0.15) is 0 Å². The number of anilines is 1. The van der Waals surface area contributed by atoms with Crippen molar-refractivity contribution in [2.24, 2.45) is 10.9 Å². The summed E-state index contributed by atoms with van der Waals surface area (Å²) in [7, 11) is 1.70. The first-order chi connectivity index (χ1) is 13.5. The molecule has 2 rings (SSSR count). The fourth-order valence-electron chi connectivity index (χ4n) is 3.39. The zero-order valence-corrected chi connectivity index (χ0v) is 20.0. The Morgan fingerprint density at radius 1 is 1.17 bits per heavy atom. The lowest BCUT2D eigenvalue weighted by Gasteiger charge is -2.34. The molecule has 1 aromatic carbocycles. The van der Waals surface area contributed by atoms with E-state index in [1.807, 2.05) is 24.3 Å². The lowest BCUT2D eigenvalue weighted by molar-refractivity contribution is -0.121. The van der Waals surface area contributed by atoms with E-state index in [2.05, 4.69) is 27.8 Å². The summed E-state index contributed by atoms with van der Waals surface area (Å²) in [6.45, 7) is 6.99. The third kappa shape index (κ3) is 9.01. The van der Waals surface area contributed by atoms with E-state index in [9.17, 15) is 9.59 Å². The van der Waals surface area contributed by atoms with E-state index in [0.717, 1.165) is 50.5 Å². The summed E-state index contributed by atoms with van der Waals surface area (Å²) in [5.74, 6) is 1.48. The predicted octanol–water partition coefficient (Wildman–Crippen LogP) is 2.62. The largest absolute Gasteiger partial charge is 0.359 e. The minimum atomic E-state index is -0.0632. The van der Waals surface area contributed by atoms with E-state index in [-0.39, 0.29) is 35.8 Å². The topological polar surface area (TPSA) is 85.8 Å². The molecule has 162 valence electrons. The minimum absolute atomic E-state index is 0. The van der Waals surface area contributed by atoms with Gasteiger partial charge in [0.05, 0.1) is 0 Å². The van der Waals surface area contributed by atoms with Crippen molar-refractivity contribution < 1.29 is 9.59 Å². The Morgan fingerprint density at radius 3 is 2.38 bits per heavy atom. The summed E-state index contributed by atoms with van der Waals surface area (Å²) in [6.07, 6.45) is 3.50. The maximum Gasteiger partial charge on any atom is 0.221 e. The SMILES string of the molecule is CCNC(=NCCc1ccc(NC(C)=O)cc1)N1CCC(CC(=O)NC)CC1.I. The maximum absolute atomic E-state index is 11.6. The van der Waals surface area contributed by atoms with Crippen LogP contribution >= 0.6 is 24.0 Å². The number of amides is 2. The molecule has 1 fully saturated rings. The van der Waals surface area contributed by atoms with Gasteiger partial charge >= 0.3 is 0 Å². The summed E-state index contributed by atoms with van der Waals surface area (Å²) < 4.78 is 0. The van der Waals surface area contributed by atoms with Crippen LogP contribution in [0.5, 0.6) is 0 Å². The highest BCUT2D eigenvalue weighted by atomic mass is 127. The molecule has 0 aromatic heterocycles. The summed E-state index contributed by atoms with van der Waals surface area (Å²) in [4.78, 5) is 29.7. The maximum atomic E-state index is 11.6. The number of nitrogens with zero attached hydrogens (tertiary/aromatic N) is 2. The van der Waals surface area contributed by atoms with Crippen LogP contribution in [0.2, 0.25) is 0 Å². The van der Waals surface area contributed by atoms with E-state index in [0.29, 0.717) is 18.9 Å². The molecule has 1 aromatic rings. The second-order valence-electron chi connectivity index (χ2n) is 7.17. The molecule has 8 heteroatoms. The lowest BCUT2D eigenvalue weighted by atomic mass is 9.93. The summed E-state index contributed by atoms with van der Waals surface area (Å²) >= 11 is 0. The Kier molecular flexibility index (Phi) is 11.6. The van der Waals surface area contributed by atoms with Crippen molar-refractivity contribution in [1.82, 2.24) is 15.5 Å². The van der Waals surface area contributed by atoms with Crippen LogP contribution < -0.4 is 16.0 Å². The standard InChI is InChI=1S/C21H33N5O2.HI/c1-4-23-21(26-13-10-18(11-14-26)15-20(28)22-3)24-12-9-17-5-7-19(8-6-17)25-16(2)27;/h5-8,18H,4,9-15H2,1-3H3,(H,22,28)(H,23,24)(H,25,27);1H. The molecule has 0 aliphatic carbocycles. The van der Waals surface area contributed by atoms with Crippen molar-refractivity contribution in [3.63, 3.8) is 0 Å². The van der Waals surface area contributed by atoms with Gasteiger partial charge in [0.1, 0.15) is 0 Å². The third-order valence-corrected chi connectivity index (χ3v) is 4.94. The first-order valence-electron chi connectivity index (χ1n) is 10.1. The number of carbonyl (C=O) groups is 2. The molecule has 1 aliphatic rings. The van der Waals surface area contributed by atoms with Crippen molar-refractivity contribution in [3.05, 3.63) is 29.8 Å². The zero-order chi connectivity index (χ0) is 20.4. The number of likely N-dealkylation sites (tertiary alicyclic amines) is 1. The van der Waals surface area contributed by atoms with Crippen LogP contribution in [0.1, 0.15) is 38.7 Å². The predicted molar refractivity (Wildman–Crippen MR) is 129 cm³/mol. The molecule has 2 amide bonds. The van der Waals surface area contributed by atoms with Gasteiger partial charge in [0.15, 0.2) is 5.96 Å². The molecule has 0 bridgehead atoms. The van der Waals surface area contributed by atoms with Gasteiger partial charge in [-0.15, -0.1) is 24.0 Å². The van der Waals surface area contributed by atoms with Gasteiger partial charge in [0, 0.05) is 52.3 Å². The lowest BCUT2D eigenvalue weighted by Crippen LogP contribution is -2.46. The van der Waals surface area contributed by atoms with Gasteiger partial charge < -0.3 is 20.9 Å². The van der Waals surface area contributed by atoms with E-state index in [4.69, 9.17) is 4.99 Å². The van der Waals surface area contributed by atoms with Crippen LogP contribution in [0.4, 0.5) is 5.69 Å². The van der Waals surface area contributed by atoms with Crippen molar-refractivity contribution in [1.29, 1.82) is 0 Å². The first-order valence-corrected chi connectivity index (χ1v) is 10.1. The number of benzene rings is 1. The van der Waals surface area contributed by atoms with Crippen molar-refractivity contribution in [2.75, 3.05) is 38.5 Å². The quantitative estimate of drug-likeness (QED) is 0.296. The first kappa shape index (κ1) is 25.2. The number of nitrogens with one attached hydrogen (secondary N) is 3. The van der Waals surface area contributed by atoms with Gasteiger partial charge in [-0.1, -0.05) is 12.1 Å². The molecule has 0 atom stereocenters. The average molecular weight is 515 g/mol. The smallest absolute Gasteiger partial charge is 0.221 e. The van der Waals surface area contributed by atoms with Crippen molar-refractivity contribution in [2.45, 2.75) is 39.5 Å². The van der Waals surface area contributed by atoms with Gasteiger partial charge in [-0.05, 0) is 49.8 Å². The minimum Gasteiger partial charge on any atom is -0.359 e. The van der Waals surface area contributed by atoms with Crippen LogP contribution in [-0.2, 0) is 16.0 Å². The zero-order valence-electron chi connectivity index (χ0n) is 17.7. The Hall–Kier alpha value is -1.84. The highest BCUT2D eigenvalue weighted by Crippen LogP contribution is 2.20. The number of hydrogen-bond donors (Lipinski definition) is 3. The molecule has 3 N–H and O–H groups in total. The van der Waals surface area contributed by atoms with Crippen LogP contribution in [0.25, 0.3) is 0 Å². The van der Waals surface area contributed by atoms with Gasteiger partial charge in [0.2, 0.25) is 11.8 Å². The molecular weight excluding hydrogens is 481 g/mol. The molecule has 1 saturated heterocycles. The Labute approximate surface area is 191 Å². The molecule has 0 radical (unpaired) electrons. The number of aliphatic imine (C=N–C) groups is 1. The van der Waals surface area contributed by atoms with Gasteiger partial charge in [-0.3, -0.25) is 14.6 Å². The number of carbonyl (C=O) groups excluding carboxylic acids is 2. The van der Waals surface area contributed by atoms with Crippen LogP contribution in [0.3, 0.4) is 0 Å². The molecular formula is C21H34IN5O2. The molecule has 29 heavy (non-hydrogen) atoms. The van der Waals surface area contributed by atoms with E-state index < -0.39 is 0 Å². The van der Waals surface area contributed by atoms with Gasteiger partial charge in [0.25, 0.3) is 0 Å². The highest BCUT2D eigenvalue weighted by molar-refractivity contribution is 14.0. The Balaban J connectivity index is 0.00000420. The summed E-state index contributed by atoms with van der Waals surface area (Å²) in [5, 5.41) is 8.88. The monoisotopic (exact) mass is 515 g/mol. The molecule has 1 heterocycles. The van der Waals surface area contributed by atoms with Crippen molar-refractivity contribution >= 4 is 47.4 Å². The normalized spacial score (nSPS) is 14.7. The summed E-state index contributed by atoms with van der Waals surface area (Å²) in [5.41, 5.74) is 2.01. The van der Waals surface area contributed by atoms with Crippen molar-refractivity contribution in [3.8, 4) is 0 Å².